The van der Waals surface area contributed by atoms with Crippen LogP contribution in [0.3, 0.4) is 0 Å². The van der Waals surface area contributed by atoms with Gasteiger partial charge in [-0.05, 0) is 32.0 Å². The van der Waals surface area contributed by atoms with Crippen LogP contribution < -0.4 is 15.8 Å². The minimum atomic E-state index is -0.421. The second-order valence-electron chi connectivity index (χ2n) is 4.94. The first-order chi connectivity index (χ1) is 8.78. The molecular formula is C13H19Cl3N2O2. The highest BCUT2D eigenvalue weighted by molar-refractivity contribution is 6.35. The van der Waals surface area contributed by atoms with E-state index in [2.05, 4.69) is 5.32 Å². The van der Waals surface area contributed by atoms with E-state index in [9.17, 15) is 4.79 Å². The molecule has 0 heterocycles. The molecule has 114 valence electrons. The Morgan fingerprint density at radius 1 is 1.40 bits per heavy atom. The van der Waals surface area contributed by atoms with Crippen molar-refractivity contribution in [3.63, 3.8) is 0 Å². The van der Waals surface area contributed by atoms with Crippen LogP contribution in [0.15, 0.2) is 18.2 Å². The maximum Gasteiger partial charge on any atom is 0.223 e. The van der Waals surface area contributed by atoms with Crippen LogP contribution in [0.5, 0.6) is 5.75 Å². The molecule has 1 rings (SSSR count). The number of hydrogen-bond donors (Lipinski definition) is 2. The van der Waals surface area contributed by atoms with Crippen molar-refractivity contribution in [1.82, 2.24) is 5.32 Å². The molecule has 0 aliphatic carbocycles. The van der Waals surface area contributed by atoms with Crippen molar-refractivity contribution in [3.8, 4) is 5.75 Å². The average molecular weight is 342 g/mol. The number of halogens is 3. The van der Waals surface area contributed by atoms with Crippen LogP contribution in [0.2, 0.25) is 10.0 Å². The number of rotatable bonds is 6. The molecule has 1 aromatic carbocycles. The largest absolute Gasteiger partial charge is 0.491 e. The molecule has 1 aromatic rings. The molecule has 0 unspecified atom stereocenters. The Bertz CT molecular complexity index is 448. The average Bonchev–Trinajstić information content (AvgIpc) is 2.28. The van der Waals surface area contributed by atoms with Gasteiger partial charge in [0.05, 0.1) is 18.1 Å². The van der Waals surface area contributed by atoms with Crippen molar-refractivity contribution >= 4 is 41.5 Å². The van der Waals surface area contributed by atoms with E-state index in [1.807, 2.05) is 13.8 Å². The SMILES string of the molecule is CC(C)(N)CNC(=O)CCOc1ccc(Cl)cc1Cl.Cl. The lowest BCUT2D eigenvalue weighted by Gasteiger charge is -2.18. The Hall–Kier alpha value is -0.680. The molecule has 7 heteroatoms. The summed E-state index contributed by atoms with van der Waals surface area (Å²) in [4.78, 5) is 11.5. The molecule has 0 radical (unpaired) electrons. The molecule has 3 N–H and O–H groups in total. The maximum atomic E-state index is 11.5. The van der Waals surface area contributed by atoms with Crippen LogP contribution in [0.25, 0.3) is 0 Å². The summed E-state index contributed by atoms with van der Waals surface area (Å²) in [7, 11) is 0. The number of benzene rings is 1. The zero-order valence-corrected chi connectivity index (χ0v) is 13.7. The predicted octanol–water partition coefficient (Wildman–Crippen LogP) is 3.04. The summed E-state index contributed by atoms with van der Waals surface area (Å²) in [6, 6.07) is 4.95. The first-order valence-electron chi connectivity index (χ1n) is 5.91. The summed E-state index contributed by atoms with van der Waals surface area (Å²) in [6.45, 7) is 4.36. The third kappa shape index (κ3) is 7.80. The monoisotopic (exact) mass is 340 g/mol. The first-order valence-corrected chi connectivity index (χ1v) is 6.67. The quantitative estimate of drug-likeness (QED) is 0.836. The lowest BCUT2D eigenvalue weighted by Crippen LogP contribution is -2.45. The number of ether oxygens (including phenoxy) is 1. The fourth-order valence-electron chi connectivity index (χ4n) is 1.26. The highest BCUT2D eigenvalue weighted by Crippen LogP contribution is 2.27. The summed E-state index contributed by atoms with van der Waals surface area (Å²) in [5.74, 6) is 0.404. The molecule has 0 aliphatic rings. The first kappa shape index (κ1) is 19.3. The van der Waals surface area contributed by atoms with Gasteiger partial charge in [0.15, 0.2) is 0 Å². The van der Waals surface area contributed by atoms with Crippen LogP contribution in [-0.4, -0.2) is 24.6 Å². The van der Waals surface area contributed by atoms with E-state index in [1.165, 1.54) is 0 Å². The van der Waals surface area contributed by atoms with Gasteiger partial charge in [-0.2, -0.15) is 0 Å². The summed E-state index contributed by atoms with van der Waals surface area (Å²) in [5.41, 5.74) is 5.34. The van der Waals surface area contributed by atoms with Gasteiger partial charge in [-0.15, -0.1) is 12.4 Å². The van der Waals surface area contributed by atoms with E-state index in [-0.39, 0.29) is 31.3 Å². The zero-order valence-electron chi connectivity index (χ0n) is 11.4. The molecule has 0 atom stereocenters. The highest BCUT2D eigenvalue weighted by Gasteiger charge is 2.12. The van der Waals surface area contributed by atoms with E-state index < -0.39 is 5.54 Å². The summed E-state index contributed by atoms with van der Waals surface area (Å²) in [5, 5.41) is 3.70. The molecule has 0 fully saturated rings. The molecular weight excluding hydrogens is 323 g/mol. The number of carbonyl (C=O) groups excluding carboxylic acids is 1. The maximum absolute atomic E-state index is 11.5. The fraction of sp³-hybridized carbons (Fsp3) is 0.462. The molecule has 0 bridgehead atoms. The van der Waals surface area contributed by atoms with E-state index in [0.717, 1.165) is 0 Å². The van der Waals surface area contributed by atoms with E-state index >= 15 is 0 Å². The second-order valence-corrected chi connectivity index (χ2v) is 5.78. The number of nitrogens with two attached hydrogens (primary N) is 1. The molecule has 1 amide bonds. The number of carbonyl (C=O) groups is 1. The molecule has 0 spiro atoms. The van der Waals surface area contributed by atoms with Crippen LogP contribution in [0, 0.1) is 0 Å². The lowest BCUT2D eigenvalue weighted by molar-refractivity contribution is -0.121. The molecule has 0 saturated carbocycles. The van der Waals surface area contributed by atoms with Gasteiger partial charge in [0.1, 0.15) is 5.75 Å². The van der Waals surface area contributed by atoms with Gasteiger partial charge in [-0.25, -0.2) is 0 Å². The van der Waals surface area contributed by atoms with Crippen LogP contribution >= 0.6 is 35.6 Å². The highest BCUT2D eigenvalue weighted by atomic mass is 35.5. The Labute approximate surface area is 135 Å². The standard InChI is InChI=1S/C13H18Cl2N2O2.ClH/c1-13(2,16)8-17-12(18)5-6-19-11-4-3-9(14)7-10(11)15;/h3-4,7H,5-6,8,16H2,1-2H3,(H,17,18);1H. The van der Waals surface area contributed by atoms with Crippen LogP contribution in [-0.2, 0) is 4.79 Å². The summed E-state index contributed by atoms with van der Waals surface area (Å²) in [6.07, 6.45) is 0.245. The summed E-state index contributed by atoms with van der Waals surface area (Å²) < 4.78 is 5.41. The van der Waals surface area contributed by atoms with Gasteiger partial charge in [-0.3, -0.25) is 4.79 Å². The molecule has 20 heavy (non-hydrogen) atoms. The Kier molecular flexibility index (Phi) is 8.28. The molecule has 0 saturated heterocycles. The van der Waals surface area contributed by atoms with Gasteiger partial charge in [0, 0.05) is 17.1 Å². The summed E-state index contributed by atoms with van der Waals surface area (Å²) >= 11 is 11.7. The minimum Gasteiger partial charge on any atom is -0.491 e. The predicted molar refractivity (Wildman–Crippen MR) is 85.1 cm³/mol. The van der Waals surface area contributed by atoms with E-state index in [0.29, 0.717) is 22.3 Å². The Balaban J connectivity index is 0.00000361. The van der Waals surface area contributed by atoms with Gasteiger partial charge in [0.2, 0.25) is 5.91 Å². The third-order valence-electron chi connectivity index (χ3n) is 2.22. The Morgan fingerprint density at radius 3 is 2.60 bits per heavy atom. The fourth-order valence-corrected chi connectivity index (χ4v) is 1.72. The van der Waals surface area contributed by atoms with Gasteiger partial charge >= 0.3 is 0 Å². The molecule has 0 aliphatic heterocycles. The number of nitrogens with one attached hydrogen (secondary N) is 1. The van der Waals surface area contributed by atoms with E-state index in [4.69, 9.17) is 33.7 Å². The topological polar surface area (TPSA) is 64.3 Å². The van der Waals surface area contributed by atoms with Gasteiger partial charge in [-0.1, -0.05) is 23.2 Å². The number of amides is 1. The van der Waals surface area contributed by atoms with Gasteiger partial charge in [0.25, 0.3) is 0 Å². The number of hydrogen-bond acceptors (Lipinski definition) is 3. The zero-order chi connectivity index (χ0) is 14.5. The Morgan fingerprint density at radius 2 is 2.05 bits per heavy atom. The molecule has 4 nitrogen and oxygen atoms in total. The van der Waals surface area contributed by atoms with Crippen molar-refractivity contribution in [2.75, 3.05) is 13.2 Å². The normalized spacial score (nSPS) is 10.7. The second kappa shape index (κ2) is 8.57. The van der Waals surface area contributed by atoms with Crippen molar-refractivity contribution in [2.24, 2.45) is 5.73 Å². The lowest BCUT2D eigenvalue weighted by atomic mass is 10.1. The van der Waals surface area contributed by atoms with Crippen LogP contribution in [0.4, 0.5) is 0 Å². The molecule has 0 aromatic heterocycles. The smallest absolute Gasteiger partial charge is 0.223 e. The minimum absolute atomic E-state index is 0. The van der Waals surface area contributed by atoms with Crippen molar-refractivity contribution in [1.29, 1.82) is 0 Å². The van der Waals surface area contributed by atoms with Gasteiger partial charge < -0.3 is 15.8 Å². The van der Waals surface area contributed by atoms with E-state index in [1.54, 1.807) is 18.2 Å². The van der Waals surface area contributed by atoms with Crippen molar-refractivity contribution < 1.29 is 9.53 Å². The van der Waals surface area contributed by atoms with Crippen molar-refractivity contribution in [2.45, 2.75) is 25.8 Å². The van der Waals surface area contributed by atoms with Crippen LogP contribution in [0.1, 0.15) is 20.3 Å². The van der Waals surface area contributed by atoms with Crippen molar-refractivity contribution in [3.05, 3.63) is 28.2 Å². The third-order valence-corrected chi connectivity index (χ3v) is 2.75.